The summed E-state index contributed by atoms with van der Waals surface area (Å²) in [6.07, 6.45) is -1.12. The lowest BCUT2D eigenvalue weighted by Crippen LogP contribution is -2.38. The number of carbonyl (C=O) groups excluding carboxylic acids is 1. The fourth-order valence-corrected chi connectivity index (χ4v) is 2.86. The number of rotatable bonds is 3. The molecule has 1 aromatic carbocycles. The van der Waals surface area contributed by atoms with Gasteiger partial charge in [0.25, 0.3) is 0 Å². The van der Waals surface area contributed by atoms with Crippen LogP contribution in [0.25, 0.3) is 0 Å². The van der Waals surface area contributed by atoms with Crippen LogP contribution in [0.1, 0.15) is 49.8 Å². The van der Waals surface area contributed by atoms with E-state index in [0.717, 1.165) is 31.4 Å². The highest BCUT2D eigenvalue weighted by atomic mass is 35.5. The quantitative estimate of drug-likeness (QED) is 0.870. The molecule has 1 amide bonds. The summed E-state index contributed by atoms with van der Waals surface area (Å²) in [7, 11) is 0. The number of hydrogen-bond acceptors (Lipinski definition) is 2. The number of benzene rings is 1. The van der Waals surface area contributed by atoms with Gasteiger partial charge in [-0.2, -0.15) is 13.2 Å². The van der Waals surface area contributed by atoms with Crippen molar-refractivity contribution in [1.82, 2.24) is 5.32 Å². The summed E-state index contributed by atoms with van der Waals surface area (Å²) in [5.74, 6) is -0.267. The van der Waals surface area contributed by atoms with Crippen molar-refractivity contribution in [3.63, 3.8) is 0 Å². The molecular formula is C16H22ClF3N2O. The number of carbonyl (C=O) groups is 1. The maximum absolute atomic E-state index is 12.7. The Morgan fingerprint density at radius 2 is 2.04 bits per heavy atom. The van der Waals surface area contributed by atoms with E-state index in [2.05, 4.69) is 5.32 Å². The molecule has 0 bridgehead atoms. The van der Waals surface area contributed by atoms with Crippen molar-refractivity contribution in [3.05, 3.63) is 35.4 Å². The zero-order valence-corrected chi connectivity index (χ0v) is 13.7. The fraction of sp³-hybridized carbons (Fsp3) is 0.562. The summed E-state index contributed by atoms with van der Waals surface area (Å²) in [5.41, 5.74) is 5.61. The molecule has 1 fully saturated rings. The third-order valence-corrected chi connectivity index (χ3v) is 4.16. The van der Waals surface area contributed by atoms with Gasteiger partial charge in [-0.1, -0.05) is 18.6 Å². The van der Waals surface area contributed by atoms with E-state index in [-0.39, 0.29) is 30.3 Å². The monoisotopic (exact) mass is 350 g/mol. The van der Waals surface area contributed by atoms with Gasteiger partial charge in [-0.15, -0.1) is 12.4 Å². The third kappa shape index (κ3) is 5.39. The van der Waals surface area contributed by atoms with Crippen LogP contribution < -0.4 is 11.1 Å². The number of nitrogens with one attached hydrogen (secondary N) is 1. The molecule has 3 nitrogen and oxygen atoms in total. The molecule has 0 radical (unpaired) electrons. The molecule has 3 N–H and O–H groups in total. The second-order valence-electron chi connectivity index (χ2n) is 5.98. The predicted molar refractivity (Wildman–Crippen MR) is 85.2 cm³/mol. The molecule has 3 unspecified atom stereocenters. The first-order valence-corrected chi connectivity index (χ1v) is 7.50. The second-order valence-corrected chi connectivity index (χ2v) is 5.98. The molecule has 0 saturated heterocycles. The lowest BCUT2D eigenvalue weighted by Gasteiger charge is -2.27. The number of alkyl halides is 3. The molecule has 0 spiro atoms. The minimum absolute atomic E-state index is 0. The van der Waals surface area contributed by atoms with Crippen molar-refractivity contribution in [2.75, 3.05) is 0 Å². The molecule has 23 heavy (non-hydrogen) atoms. The van der Waals surface area contributed by atoms with Crippen molar-refractivity contribution in [2.45, 2.75) is 50.9 Å². The maximum atomic E-state index is 12.7. The molecule has 0 heterocycles. The van der Waals surface area contributed by atoms with E-state index in [1.807, 2.05) is 0 Å². The van der Waals surface area contributed by atoms with Gasteiger partial charge in [0.1, 0.15) is 0 Å². The van der Waals surface area contributed by atoms with Crippen LogP contribution in [-0.4, -0.2) is 11.9 Å². The van der Waals surface area contributed by atoms with Crippen molar-refractivity contribution in [2.24, 2.45) is 11.7 Å². The van der Waals surface area contributed by atoms with Gasteiger partial charge in [-0.3, -0.25) is 4.79 Å². The van der Waals surface area contributed by atoms with Crippen molar-refractivity contribution >= 4 is 18.3 Å². The topological polar surface area (TPSA) is 55.1 Å². The Hall–Kier alpha value is -1.27. The summed E-state index contributed by atoms with van der Waals surface area (Å²) in [5, 5.41) is 2.80. The molecule has 1 saturated carbocycles. The first-order valence-electron chi connectivity index (χ1n) is 7.50. The molecule has 1 aromatic rings. The van der Waals surface area contributed by atoms with Gasteiger partial charge in [-0.05, 0) is 43.9 Å². The minimum atomic E-state index is -4.38. The summed E-state index contributed by atoms with van der Waals surface area (Å²) in [6.45, 7) is 1.69. The van der Waals surface area contributed by atoms with Crippen LogP contribution in [0.2, 0.25) is 0 Å². The minimum Gasteiger partial charge on any atom is -0.349 e. The Balaban J connectivity index is 0.00000264. The summed E-state index contributed by atoms with van der Waals surface area (Å²) in [6, 6.07) is 4.63. The van der Waals surface area contributed by atoms with E-state index < -0.39 is 17.8 Å². The van der Waals surface area contributed by atoms with Crippen LogP contribution in [0.4, 0.5) is 13.2 Å². The van der Waals surface area contributed by atoms with Crippen LogP contribution >= 0.6 is 12.4 Å². The SMILES string of the molecule is CC(NC(=O)C1CCCC(N)C1)c1cccc(C(F)(F)F)c1.Cl. The number of nitrogens with two attached hydrogens (primary N) is 1. The van der Waals surface area contributed by atoms with E-state index in [9.17, 15) is 18.0 Å². The molecule has 7 heteroatoms. The first kappa shape index (κ1) is 19.8. The maximum Gasteiger partial charge on any atom is 0.416 e. The molecule has 0 aromatic heterocycles. The lowest BCUT2D eigenvalue weighted by atomic mass is 9.85. The molecule has 1 aliphatic rings. The Labute approximate surface area is 140 Å². The highest BCUT2D eigenvalue weighted by Crippen LogP contribution is 2.31. The van der Waals surface area contributed by atoms with Crippen molar-refractivity contribution < 1.29 is 18.0 Å². The zero-order chi connectivity index (χ0) is 16.3. The smallest absolute Gasteiger partial charge is 0.349 e. The summed E-state index contributed by atoms with van der Waals surface area (Å²) < 4.78 is 38.2. The van der Waals surface area contributed by atoms with Crippen LogP contribution in [0, 0.1) is 5.92 Å². The number of amides is 1. The van der Waals surface area contributed by atoms with E-state index >= 15 is 0 Å². The predicted octanol–water partition coefficient (Wildman–Crippen LogP) is 3.82. The third-order valence-electron chi connectivity index (χ3n) is 4.16. The Morgan fingerprint density at radius 3 is 2.65 bits per heavy atom. The molecular weight excluding hydrogens is 329 g/mol. The normalized spacial score (nSPS) is 22.8. The number of halogens is 4. The average Bonchev–Trinajstić information content (AvgIpc) is 2.46. The van der Waals surface area contributed by atoms with Crippen LogP contribution in [0.3, 0.4) is 0 Å². The Bertz CT molecular complexity index is 536. The highest BCUT2D eigenvalue weighted by molar-refractivity contribution is 5.85. The average molecular weight is 351 g/mol. The second kappa shape index (κ2) is 8.02. The van der Waals surface area contributed by atoms with Crippen LogP contribution in [0.15, 0.2) is 24.3 Å². The standard InChI is InChI=1S/C16H21F3N2O.ClH/c1-10(11-4-2-6-13(8-11)16(17,18)19)21-15(22)12-5-3-7-14(20)9-12;/h2,4,6,8,10,12,14H,3,5,7,9,20H2,1H3,(H,21,22);1H. The van der Waals surface area contributed by atoms with Gasteiger partial charge < -0.3 is 11.1 Å². The van der Waals surface area contributed by atoms with Gasteiger partial charge in [0.05, 0.1) is 11.6 Å². The van der Waals surface area contributed by atoms with E-state index in [1.165, 1.54) is 6.07 Å². The van der Waals surface area contributed by atoms with Gasteiger partial charge >= 0.3 is 6.18 Å². The van der Waals surface area contributed by atoms with Gasteiger partial charge in [0, 0.05) is 12.0 Å². The summed E-state index contributed by atoms with van der Waals surface area (Å²) >= 11 is 0. The Kier molecular flexibility index (Phi) is 6.89. The first-order chi connectivity index (χ1) is 10.3. The van der Waals surface area contributed by atoms with E-state index in [0.29, 0.717) is 12.0 Å². The highest BCUT2D eigenvalue weighted by Gasteiger charge is 2.31. The number of hydrogen-bond donors (Lipinski definition) is 2. The van der Waals surface area contributed by atoms with Gasteiger partial charge in [-0.25, -0.2) is 0 Å². The van der Waals surface area contributed by atoms with Crippen molar-refractivity contribution in [1.29, 1.82) is 0 Å². The zero-order valence-electron chi connectivity index (χ0n) is 12.9. The molecule has 0 aliphatic heterocycles. The van der Waals surface area contributed by atoms with E-state index in [4.69, 9.17) is 5.73 Å². The van der Waals surface area contributed by atoms with Gasteiger partial charge in [0.15, 0.2) is 0 Å². The van der Waals surface area contributed by atoms with E-state index in [1.54, 1.807) is 13.0 Å². The van der Waals surface area contributed by atoms with Gasteiger partial charge in [0.2, 0.25) is 5.91 Å². The largest absolute Gasteiger partial charge is 0.416 e. The molecule has 1 aliphatic carbocycles. The molecule has 130 valence electrons. The molecule has 2 rings (SSSR count). The summed E-state index contributed by atoms with van der Waals surface area (Å²) in [4.78, 5) is 12.2. The lowest BCUT2D eigenvalue weighted by molar-refractivity contribution is -0.137. The van der Waals surface area contributed by atoms with Crippen molar-refractivity contribution in [3.8, 4) is 0 Å². The Morgan fingerprint density at radius 1 is 1.35 bits per heavy atom. The molecule has 3 atom stereocenters. The van der Waals surface area contributed by atoms with Crippen LogP contribution in [-0.2, 0) is 11.0 Å². The van der Waals surface area contributed by atoms with Crippen LogP contribution in [0.5, 0.6) is 0 Å². The fourth-order valence-electron chi connectivity index (χ4n) is 2.86.